The van der Waals surface area contributed by atoms with Crippen LogP contribution in [0.5, 0.6) is 11.5 Å². The molecule has 0 aliphatic carbocycles. The molecule has 0 aromatic heterocycles. The van der Waals surface area contributed by atoms with E-state index in [1.807, 2.05) is 0 Å². The second kappa shape index (κ2) is 6.29. The molecule has 116 valence electrons. The minimum atomic E-state index is -1.53. The number of ether oxygens (including phenoxy) is 2. The van der Waals surface area contributed by atoms with Gasteiger partial charge in [-0.15, -0.1) is 23.2 Å². The van der Waals surface area contributed by atoms with Gasteiger partial charge in [0, 0.05) is 6.07 Å². The van der Waals surface area contributed by atoms with Crippen LogP contribution in [0.1, 0.15) is 17.4 Å². The molecule has 0 saturated heterocycles. The zero-order valence-electron chi connectivity index (χ0n) is 10.9. The number of fused-ring (bicyclic) bond motifs is 1. The molecule has 0 fully saturated rings. The Kier molecular flexibility index (Phi) is 4.85. The lowest BCUT2D eigenvalue weighted by molar-refractivity contribution is -0.100. The maximum atomic E-state index is 9.93. The Labute approximate surface area is 130 Å². The number of phenolic OH excluding ortho intramolecular Hbond substituents is 1. The molecule has 21 heavy (non-hydrogen) atoms. The van der Waals surface area contributed by atoms with Gasteiger partial charge in [-0.05, 0) is 17.7 Å². The number of halogens is 2. The third-order valence-corrected chi connectivity index (χ3v) is 3.58. The molecule has 0 spiro atoms. The highest BCUT2D eigenvalue weighted by Gasteiger charge is 2.33. The van der Waals surface area contributed by atoms with E-state index < -0.39 is 23.3 Å². The second-order valence-electron chi connectivity index (χ2n) is 4.44. The summed E-state index contributed by atoms with van der Waals surface area (Å²) in [5, 5.41) is 39.4. The van der Waals surface area contributed by atoms with Gasteiger partial charge >= 0.3 is 0 Å². The first-order chi connectivity index (χ1) is 9.85. The summed E-state index contributed by atoms with van der Waals surface area (Å²) in [7, 11) is 1.42. The normalized spacial score (nSPS) is 20.3. The molecule has 0 radical (unpaired) electrons. The van der Waals surface area contributed by atoms with Crippen LogP contribution in [-0.2, 0) is 4.74 Å². The molecular weight excluding hydrogens is 323 g/mol. The summed E-state index contributed by atoms with van der Waals surface area (Å²) in [5.74, 6) is 0.0229. The number of phenols is 1. The molecule has 6 nitrogen and oxygen atoms in total. The number of hydrogen-bond donors (Lipinski definition) is 4. The summed E-state index contributed by atoms with van der Waals surface area (Å²) in [4.78, 5) is -1.23. The Hall–Kier alpha value is -1.18. The van der Waals surface area contributed by atoms with E-state index in [4.69, 9.17) is 32.7 Å². The molecule has 0 saturated carbocycles. The maximum absolute atomic E-state index is 9.93. The van der Waals surface area contributed by atoms with Crippen LogP contribution in [-0.4, -0.2) is 44.6 Å². The number of aliphatic hydroxyl groups excluding tert-OH is 3. The Bertz CT molecular complexity index is 560. The van der Waals surface area contributed by atoms with Gasteiger partial charge in [0.1, 0.15) is 34.3 Å². The lowest BCUT2D eigenvalue weighted by atomic mass is 10.00. The highest BCUT2D eigenvalue weighted by atomic mass is 35.5. The van der Waals surface area contributed by atoms with Crippen LogP contribution >= 0.6 is 23.2 Å². The predicted molar refractivity (Wildman–Crippen MR) is 76.2 cm³/mol. The fraction of sp³-hybridized carbons (Fsp3) is 0.385. The molecule has 3 atom stereocenters. The van der Waals surface area contributed by atoms with Gasteiger partial charge in [-0.25, -0.2) is 0 Å². The topological polar surface area (TPSA) is 99.4 Å². The van der Waals surface area contributed by atoms with Gasteiger partial charge in [0.05, 0.1) is 12.7 Å². The number of aromatic hydroxyl groups is 1. The third-order valence-electron chi connectivity index (χ3n) is 3.06. The van der Waals surface area contributed by atoms with Crippen LogP contribution < -0.4 is 4.74 Å². The van der Waals surface area contributed by atoms with Gasteiger partial charge in [0.15, 0.2) is 0 Å². The fourth-order valence-corrected chi connectivity index (χ4v) is 2.25. The molecule has 1 aromatic rings. The van der Waals surface area contributed by atoms with Crippen molar-refractivity contribution in [3.63, 3.8) is 0 Å². The average molecular weight is 337 g/mol. The van der Waals surface area contributed by atoms with Crippen molar-refractivity contribution in [1.29, 1.82) is 0 Å². The summed E-state index contributed by atoms with van der Waals surface area (Å²) < 4.78 is 10.1. The zero-order valence-corrected chi connectivity index (χ0v) is 12.4. The summed E-state index contributed by atoms with van der Waals surface area (Å²) in [6, 6.07) is 2.86. The second-order valence-corrected chi connectivity index (χ2v) is 5.60. The quantitative estimate of drug-likeness (QED) is 0.618. The highest BCUT2D eigenvalue weighted by molar-refractivity contribution is 6.44. The van der Waals surface area contributed by atoms with Gasteiger partial charge in [0.25, 0.3) is 0 Å². The summed E-state index contributed by atoms with van der Waals surface area (Å²) in [6.07, 6.45) is -3.17. The van der Waals surface area contributed by atoms with Crippen molar-refractivity contribution in [2.45, 2.75) is 23.3 Å². The van der Waals surface area contributed by atoms with Crippen LogP contribution in [0, 0.1) is 0 Å². The first kappa shape index (κ1) is 16.2. The molecule has 1 unspecified atom stereocenters. The Morgan fingerprint density at radius 3 is 2.52 bits per heavy atom. The number of hydrogen-bond acceptors (Lipinski definition) is 6. The van der Waals surface area contributed by atoms with Gasteiger partial charge in [-0.2, -0.15) is 0 Å². The number of rotatable bonds is 4. The molecule has 1 aliphatic rings. The number of benzene rings is 1. The standard InChI is InChI=1S/C13H14Cl2O6/c1-20-6-2-5-3-8(10(17)11(18)12(14)15)21-13(19)9(5)7(16)4-6/h2-4,10-13,16-19H,1H3/t10-,11-,13?/m0/s1. The van der Waals surface area contributed by atoms with E-state index in [9.17, 15) is 20.4 Å². The molecule has 8 heteroatoms. The fourth-order valence-electron chi connectivity index (χ4n) is 1.98. The Morgan fingerprint density at radius 1 is 1.29 bits per heavy atom. The van der Waals surface area contributed by atoms with Gasteiger partial charge in [0.2, 0.25) is 6.29 Å². The SMILES string of the molecule is COc1cc(O)c2c(c1)C=C([C@H](O)[C@H](O)C(Cl)Cl)OC2O. The molecule has 1 heterocycles. The van der Waals surface area contributed by atoms with Gasteiger partial charge in [-0.3, -0.25) is 0 Å². The van der Waals surface area contributed by atoms with Crippen molar-refractivity contribution in [3.05, 3.63) is 29.0 Å². The number of methoxy groups -OCH3 is 1. The largest absolute Gasteiger partial charge is 0.507 e. The average Bonchev–Trinajstić information content (AvgIpc) is 2.44. The van der Waals surface area contributed by atoms with E-state index in [1.54, 1.807) is 6.07 Å². The Balaban J connectivity index is 2.43. The third kappa shape index (κ3) is 3.20. The number of aliphatic hydroxyl groups is 3. The molecule has 0 bridgehead atoms. The van der Waals surface area contributed by atoms with Crippen molar-refractivity contribution >= 4 is 29.3 Å². The van der Waals surface area contributed by atoms with Crippen molar-refractivity contribution in [1.82, 2.24) is 0 Å². The summed E-state index contributed by atoms with van der Waals surface area (Å²) in [6.45, 7) is 0. The van der Waals surface area contributed by atoms with E-state index >= 15 is 0 Å². The summed E-state index contributed by atoms with van der Waals surface area (Å²) in [5.41, 5.74) is 0.516. The predicted octanol–water partition coefficient (Wildman–Crippen LogP) is 1.29. The Morgan fingerprint density at radius 2 is 1.95 bits per heavy atom. The molecular formula is C13H14Cl2O6. The molecule has 0 amide bonds. The van der Waals surface area contributed by atoms with E-state index in [-0.39, 0.29) is 17.1 Å². The lowest BCUT2D eigenvalue weighted by Gasteiger charge is -2.28. The van der Waals surface area contributed by atoms with Crippen molar-refractivity contribution < 1.29 is 29.9 Å². The van der Waals surface area contributed by atoms with Gasteiger partial charge in [-0.1, -0.05) is 0 Å². The van der Waals surface area contributed by atoms with Crippen LogP contribution in [0.4, 0.5) is 0 Å². The van der Waals surface area contributed by atoms with Gasteiger partial charge < -0.3 is 29.9 Å². The van der Waals surface area contributed by atoms with Crippen LogP contribution in [0.3, 0.4) is 0 Å². The van der Waals surface area contributed by atoms with E-state index in [1.165, 1.54) is 19.3 Å². The minimum Gasteiger partial charge on any atom is -0.507 e. The van der Waals surface area contributed by atoms with E-state index in [0.717, 1.165) is 0 Å². The minimum absolute atomic E-state index is 0.124. The lowest BCUT2D eigenvalue weighted by Crippen LogP contribution is -2.35. The van der Waals surface area contributed by atoms with E-state index in [0.29, 0.717) is 11.3 Å². The number of alkyl halides is 2. The first-order valence-electron chi connectivity index (χ1n) is 5.96. The highest BCUT2D eigenvalue weighted by Crippen LogP contribution is 2.39. The molecule has 1 aromatic carbocycles. The first-order valence-corrected chi connectivity index (χ1v) is 6.84. The van der Waals surface area contributed by atoms with Crippen molar-refractivity contribution in [2.24, 2.45) is 0 Å². The molecule has 2 rings (SSSR count). The molecule has 4 N–H and O–H groups in total. The van der Waals surface area contributed by atoms with Crippen LogP contribution in [0.25, 0.3) is 6.08 Å². The monoisotopic (exact) mass is 336 g/mol. The van der Waals surface area contributed by atoms with E-state index in [2.05, 4.69) is 0 Å². The zero-order chi connectivity index (χ0) is 15.7. The van der Waals surface area contributed by atoms with Crippen LogP contribution in [0.2, 0.25) is 0 Å². The van der Waals surface area contributed by atoms with Crippen LogP contribution in [0.15, 0.2) is 17.9 Å². The summed E-state index contributed by atoms with van der Waals surface area (Å²) >= 11 is 11.0. The van der Waals surface area contributed by atoms with Crippen molar-refractivity contribution in [3.8, 4) is 11.5 Å². The maximum Gasteiger partial charge on any atom is 0.228 e. The molecule has 1 aliphatic heterocycles. The van der Waals surface area contributed by atoms with Crippen molar-refractivity contribution in [2.75, 3.05) is 7.11 Å². The smallest absolute Gasteiger partial charge is 0.228 e.